The number of aromatic nitrogens is 2. The average Bonchev–Trinajstić information content (AvgIpc) is 2.14. The first-order valence-corrected chi connectivity index (χ1v) is 4.23. The van der Waals surface area contributed by atoms with Gasteiger partial charge in [-0.25, -0.2) is 9.97 Å². The van der Waals surface area contributed by atoms with Crippen molar-refractivity contribution in [3.63, 3.8) is 0 Å². The van der Waals surface area contributed by atoms with E-state index < -0.39 is 0 Å². The quantitative estimate of drug-likeness (QED) is 0.463. The molecule has 0 spiro atoms. The van der Waals surface area contributed by atoms with Gasteiger partial charge in [-0.2, -0.15) is 0 Å². The summed E-state index contributed by atoms with van der Waals surface area (Å²) in [4.78, 5) is 18.5. The Bertz CT molecular complexity index is 398. The summed E-state index contributed by atoms with van der Waals surface area (Å²) >= 11 is 5.74. The molecule has 4 nitrogen and oxygen atoms in total. The van der Waals surface area contributed by atoms with Gasteiger partial charge in [0.1, 0.15) is 16.8 Å². The van der Waals surface area contributed by atoms with Crippen molar-refractivity contribution in [2.45, 2.75) is 6.92 Å². The van der Waals surface area contributed by atoms with E-state index in [2.05, 4.69) is 21.2 Å². The Balaban J connectivity index is 3.12. The molecule has 0 saturated heterocycles. The Hall–Kier alpha value is -1.60. The van der Waals surface area contributed by atoms with Crippen LogP contribution < -0.4 is 5.32 Å². The van der Waals surface area contributed by atoms with Gasteiger partial charge in [-0.3, -0.25) is 4.79 Å². The molecule has 5 heteroatoms. The van der Waals surface area contributed by atoms with Crippen LogP contribution in [0.4, 0.5) is 5.82 Å². The molecule has 0 fully saturated rings. The van der Waals surface area contributed by atoms with Crippen LogP contribution in [0.15, 0.2) is 0 Å². The van der Waals surface area contributed by atoms with Gasteiger partial charge in [0.2, 0.25) is 0 Å². The molecule has 0 saturated carbocycles. The lowest BCUT2D eigenvalue weighted by Crippen LogP contribution is -2.07. The van der Waals surface area contributed by atoms with E-state index in [0.717, 1.165) is 0 Å². The van der Waals surface area contributed by atoms with Gasteiger partial charge in [-0.05, 0) is 6.92 Å². The first-order valence-electron chi connectivity index (χ1n) is 3.85. The lowest BCUT2D eigenvalue weighted by Gasteiger charge is -2.06. The van der Waals surface area contributed by atoms with Crippen LogP contribution in [0, 0.1) is 19.3 Å². The van der Waals surface area contributed by atoms with Crippen LogP contribution in [-0.4, -0.2) is 22.8 Å². The normalized spacial score (nSPS) is 9.21. The molecule has 1 N–H and O–H groups in total. The number of aryl methyl sites for hydroxylation is 1. The van der Waals surface area contributed by atoms with Gasteiger partial charge in [0.25, 0.3) is 0 Å². The van der Waals surface area contributed by atoms with E-state index in [-0.39, 0.29) is 17.3 Å². The van der Waals surface area contributed by atoms with Crippen LogP contribution in [0.1, 0.15) is 16.2 Å². The largest absolute Gasteiger partial charge is 0.358 e. The van der Waals surface area contributed by atoms with Gasteiger partial charge in [-0.1, -0.05) is 17.5 Å². The number of hydrogen-bond acceptors (Lipinski definition) is 4. The molecule has 0 aliphatic carbocycles. The van der Waals surface area contributed by atoms with Crippen LogP contribution in [0.5, 0.6) is 0 Å². The molecular formula is C9H8ClN3O. The predicted molar refractivity (Wildman–Crippen MR) is 54.5 cm³/mol. The summed E-state index contributed by atoms with van der Waals surface area (Å²) in [5, 5.41) is 2.92. The molecule has 0 aliphatic rings. The molecule has 0 bridgehead atoms. The Morgan fingerprint density at radius 2 is 2.36 bits per heavy atom. The fraction of sp³-hybridized carbons (Fsp3) is 0.222. The molecule has 0 atom stereocenters. The second-order valence-corrected chi connectivity index (χ2v) is 2.86. The Labute approximate surface area is 86.7 Å². The van der Waals surface area contributed by atoms with Gasteiger partial charge >= 0.3 is 0 Å². The number of carbonyl (C=O) groups excluding carboxylic acids is 1. The summed E-state index contributed by atoms with van der Waals surface area (Å²) in [7, 11) is 0. The molecule has 1 rings (SSSR count). The molecule has 0 radical (unpaired) electrons. The van der Waals surface area contributed by atoms with Crippen molar-refractivity contribution in [3.8, 4) is 12.3 Å². The third-order valence-corrected chi connectivity index (χ3v) is 1.77. The number of hydrogen-bond donors (Lipinski definition) is 1. The predicted octanol–water partition coefficient (Wildman–Crippen LogP) is 1.30. The van der Waals surface area contributed by atoms with E-state index in [1.807, 2.05) is 0 Å². The minimum atomic E-state index is 0.132. The summed E-state index contributed by atoms with van der Waals surface area (Å²) in [6.45, 7) is 1.97. The Kier molecular flexibility index (Phi) is 3.43. The third kappa shape index (κ3) is 2.21. The van der Waals surface area contributed by atoms with Crippen molar-refractivity contribution < 1.29 is 4.79 Å². The van der Waals surface area contributed by atoms with Gasteiger partial charge in [0, 0.05) is 0 Å². The second-order valence-electron chi connectivity index (χ2n) is 2.50. The minimum Gasteiger partial charge on any atom is -0.358 e. The Morgan fingerprint density at radius 1 is 1.64 bits per heavy atom. The standard InChI is InChI=1S/C9H8ClN3O/c1-3-4-11-9-7(5-14)8(10)12-6(2)13-9/h1,5H,4H2,2H3,(H,11,12,13). The van der Waals surface area contributed by atoms with Crippen LogP contribution in [0.3, 0.4) is 0 Å². The number of terminal acetylenes is 1. The van der Waals surface area contributed by atoms with Crippen LogP contribution in [0.2, 0.25) is 5.15 Å². The number of nitrogens with zero attached hydrogens (tertiary/aromatic N) is 2. The molecule has 0 amide bonds. The van der Waals surface area contributed by atoms with Crippen molar-refractivity contribution >= 4 is 23.7 Å². The fourth-order valence-electron chi connectivity index (χ4n) is 0.921. The molecule has 1 aromatic rings. The summed E-state index contributed by atoms with van der Waals surface area (Å²) < 4.78 is 0. The fourth-order valence-corrected chi connectivity index (χ4v) is 1.18. The lowest BCUT2D eigenvalue weighted by atomic mass is 10.3. The summed E-state index contributed by atoms with van der Waals surface area (Å²) in [5.74, 6) is 3.23. The van der Waals surface area contributed by atoms with Crippen LogP contribution >= 0.6 is 11.6 Å². The van der Waals surface area contributed by atoms with Gasteiger partial charge in [-0.15, -0.1) is 6.42 Å². The first-order chi connectivity index (χ1) is 6.69. The minimum absolute atomic E-state index is 0.132. The number of rotatable bonds is 3. The van der Waals surface area contributed by atoms with E-state index >= 15 is 0 Å². The first kappa shape index (κ1) is 10.5. The summed E-state index contributed by atoms with van der Waals surface area (Å²) in [5.41, 5.74) is 0.229. The highest BCUT2D eigenvalue weighted by atomic mass is 35.5. The molecular weight excluding hydrogens is 202 g/mol. The molecule has 1 heterocycles. The van der Waals surface area contributed by atoms with Crippen molar-refractivity contribution in [1.29, 1.82) is 0 Å². The topological polar surface area (TPSA) is 54.9 Å². The molecule has 0 unspecified atom stereocenters. The van der Waals surface area contributed by atoms with Gasteiger partial charge in [0.05, 0.1) is 12.1 Å². The highest BCUT2D eigenvalue weighted by molar-refractivity contribution is 6.32. The number of nitrogens with one attached hydrogen (secondary N) is 1. The van der Waals surface area contributed by atoms with Gasteiger partial charge < -0.3 is 5.32 Å². The van der Waals surface area contributed by atoms with E-state index in [0.29, 0.717) is 17.9 Å². The van der Waals surface area contributed by atoms with E-state index in [1.165, 1.54) is 0 Å². The van der Waals surface area contributed by atoms with E-state index in [1.54, 1.807) is 6.92 Å². The number of aldehydes is 1. The van der Waals surface area contributed by atoms with Crippen molar-refractivity contribution in [2.75, 3.05) is 11.9 Å². The number of carbonyl (C=O) groups is 1. The number of halogens is 1. The van der Waals surface area contributed by atoms with Gasteiger partial charge in [0.15, 0.2) is 6.29 Å². The molecule has 1 aromatic heterocycles. The third-order valence-electron chi connectivity index (χ3n) is 1.49. The maximum atomic E-state index is 10.7. The zero-order valence-corrected chi connectivity index (χ0v) is 8.30. The van der Waals surface area contributed by atoms with E-state index in [4.69, 9.17) is 18.0 Å². The van der Waals surface area contributed by atoms with Crippen LogP contribution in [-0.2, 0) is 0 Å². The highest BCUT2D eigenvalue weighted by Gasteiger charge is 2.09. The zero-order chi connectivity index (χ0) is 10.6. The maximum absolute atomic E-state index is 10.7. The lowest BCUT2D eigenvalue weighted by molar-refractivity contribution is 0.112. The summed E-state index contributed by atoms with van der Waals surface area (Å²) in [6.07, 6.45) is 5.66. The molecule has 72 valence electrons. The second kappa shape index (κ2) is 4.58. The molecule has 0 aromatic carbocycles. The molecule has 14 heavy (non-hydrogen) atoms. The average molecular weight is 210 g/mol. The molecule has 0 aliphatic heterocycles. The SMILES string of the molecule is C#CCNc1nc(C)nc(Cl)c1C=O. The van der Waals surface area contributed by atoms with Crippen molar-refractivity contribution in [2.24, 2.45) is 0 Å². The number of anilines is 1. The van der Waals surface area contributed by atoms with Crippen molar-refractivity contribution in [1.82, 2.24) is 9.97 Å². The maximum Gasteiger partial charge on any atom is 0.156 e. The Morgan fingerprint density at radius 3 is 2.93 bits per heavy atom. The monoisotopic (exact) mass is 209 g/mol. The zero-order valence-electron chi connectivity index (χ0n) is 7.54. The highest BCUT2D eigenvalue weighted by Crippen LogP contribution is 2.18. The van der Waals surface area contributed by atoms with Crippen molar-refractivity contribution in [3.05, 3.63) is 16.5 Å². The van der Waals surface area contributed by atoms with Crippen LogP contribution in [0.25, 0.3) is 0 Å². The van der Waals surface area contributed by atoms with E-state index in [9.17, 15) is 4.79 Å². The summed E-state index contributed by atoms with van der Waals surface area (Å²) in [6, 6.07) is 0. The smallest absolute Gasteiger partial charge is 0.156 e.